The first-order valence-electron chi connectivity index (χ1n) is 9.43. The number of carbonyl (C=O) groups excluding carboxylic acids is 1. The monoisotopic (exact) mass is 338 g/mol. The Balaban J connectivity index is 1.35. The summed E-state index contributed by atoms with van der Waals surface area (Å²) >= 11 is 0. The summed E-state index contributed by atoms with van der Waals surface area (Å²) in [5, 5.41) is 0. The molecule has 2 aromatic heterocycles. The topological polar surface area (TPSA) is 51.0 Å². The number of amides is 1. The van der Waals surface area contributed by atoms with Crippen molar-refractivity contribution in [1.29, 1.82) is 0 Å². The zero-order chi connectivity index (χ0) is 17.2. The Hall–Kier alpha value is -2.17. The lowest BCUT2D eigenvalue weighted by Crippen LogP contribution is -2.39. The molecule has 0 atom stereocenters. The van der Waals surface area contributed by atoms with E-state index in [1.807, 2.05) is 30.7 Å². The lowest BCUT2D eigenvalue weighted by Gasteiger charge is -2.32. The van der Waals surface area contributed by atoms with Gasteiger partial charge in [0.1, 0.15) is 5.82 Å². The zero-order valence-corrected chi connectivity index (χ0v) is 14.9. The zero-order valence-electron chi connectivity index (χ0n) is 14.9. The van der Waals surface area contributed by atoms with Crippen molar-refractivity contribution in [1.82, 2.24) is 19.4 Å². The van der Waals surface area contributed by atoms with Gasteiger partial charge < -0.3 is 9.47 Å². The standard InChI is InChI=1S/C20H26N4O/c1-15-14-22-19(17-4-9-21-10-5-17)24(15)13-8-16-6-11-23(12-7-16)20(25)18-2-3-18/h4-5,9-10,14,16,18H,2-3,6-8,11-13H2,1H3. The third kappa shape index (κ3) is 3.60. The molecule has 0 aromatic carbocycles. The van der Waals surface area contributed by atoms with Crippen LogP contribution < -0.4 is 0 Å². The van der Waals surface area contributed by atoms with Crippen LogP contribution >= 0.6 is 0 Å². The molecule has 5 nitrogen and oxygen atoms in total. The van der Waals surface area contributed by atoms with Crippen LogP contribution in [-0.4, -0.2) is 38.4 Å². The van der Waals surface area contributed by atoms with Crippen LogP contribution in [0.25, 0.3) is 11.4 Å². The molecule has 4 rings (SSSR count). The van der Waals surface area contributed by atoms with Gasteiger partial charge in [-0.15, -0.1) is 0 Å². The fourth-order valence-electron chi connectivity index (χ4n) is 3.82. The van der Waals surface area contributed by atoms with Crippen molar-refractivity contribution in [2.24, 2.45) is 11.8 Å². The van der Waals surface area contributed by atoms with E-state index >= 15 is 0 Å². The quantitative estimate of drug-likeness (QED) is 0.840. The summed E-state index contributed by atoms with van der Waals surface area (Å²) < 4.78 is 2.32. The average molecular weight is 338 g/mol. The van der Waals surface area contributed by atoms with Gasteiger partial charge in [0.05, 0.1) is 0 Å². The van der Waals surface area contributed by atoms with Crippen LogP contribution in [-0.2, 0) is 11.3 Å². The van der Waals surface area contributed by atoms with E-state index in [2.05, 4.69) is 26.4 Å². The molecule has 0 unspecified atom stereocenters. The van der Waals surface area contributed by atoms with Gasteiger partial charge in [0, 0.05) is 55.4 Å². The minimum Gasteiger partial charge on any atom is -0.342 e. The predicted octanol–water partition coefficient (Wildman–Crippen LogP) is 3.29. The second-order valence-corrected chi connectivity index (χ2v) is 7.44. The van der Waals surface area contributed by atoms with Gasteiger partial charge >= 0.3 is 0 Å². The van der Waals surface area contributed by atoms with Gasteiger partial charge in [0.15, 0.2) is 0 Å². The molecule has 1 saturated heterocycles. The molecule has 132 valence electrons. The van der Waals surface area contributed by atoms with Crippen LogP contribution in [0.4, 0.5) is 0 Å². The molecule has 1 amide bonds. The van der Waals surface area contributed by atoms with Gasteiger partial charge in [-0.25, -0.2) is 4.98 Å². The Bertz CT molecular complexity index is 727. The van der Waals surface area contributed by atoms with Crippen molar-refractivity contribution in [3.05, 3.63) is 36.4 Å². The van der Waals surface area contributed by atoms with E-state index in [-0.39, 0.29) is 0 Å². The fourth-order valence-corrected chi connectivity index (χ4v) is 3.82. The third-order valence-electron chi connectivity index (χ3n) is 5.61. The molecule has 1 aliphatic heterocycles. The molecule has 2 fully saturated rings. The summed E-state index contributed by atoms with van der Waals surface area (Å²) in [6.45, 7) is 5.00. The van der Waals surface area contributed by atoms with E-state index < -0.39 is 0 Å². The van der Waals surface area contributed by atoms with Crippen molar-refractivity contribution >= 4 is 5.91 Å². The third-order valence-corrected chi connectivity index (χ3v) is 5.61. The molecule has 1 aliphatic carbocycles. The number of imidazole rings is 1. The number of likely N-dealkylation sites (tertiary alicyclic amines) is 1. The Morgan fingerprint density at radius 3 is 2.56 bits per heavy atom. The number of aromatic nitrogens is 3. The fraction of sp³-hybridized carbons (Fsp3) is 0.550. The van der Waals surface area contributed by atoms with E-state index in [1.54, 1.807) is 0 Å². The summed E-state index contributed by atoms with van der Waals surface area (Å²) in [5.74, 6) is 2.49. The summed E-state index contributed by atoms with van der Waals surface area (Å²) in [6, 6.07) is 4.03. The summed E-state index contributed by atoms with van der Waals surface area (Å²) in [7, 11) is 0. The Morgan fingerprint density at radius 2 is 1.88 bits per heavy atom. The molecule has 0 N–H and O–H groups in total. The number of carbonyl (C=O) groups is 1. The molecule has 25 heavy (non-hydrogen) atoms. The van der Waals surface area contributed by atoms with Gasteiger partial charge in [-0.2, -0.15) is 0 Å². The lowest BCUT2D eigenvalue weighted by molar-refractivity contribution is -0.133. The number of pyridine rings is 1. The number of rotatable bonds is 5. The highest BCUT2D eigenvalue weighted by molar-refractivity contribution is 5.81. The molecule has 0 bridgehead atoms. The van der Waals surface area contributed by atoms with Crippen molar-refractivity contribution in [3.8, 4) is 11.4 Å². The Kier molecular flexibility index (Phi) is 4.55. The smallest absolute Gasteiger partial charge is 0.225 e. The molecule has 0 spiro atoms. The second kappa shape index (κ2) is 6.98. The highest BCUT2D eigenvalue weighted by Gasteiger charge is 2.34. The summed E-state index contributed by atoms with van der Waals surface area (Å²) in [4.78, 5) is 23.0. The van der Waals surface area contributed by atoms with Gasteiger partial charge in [0.2, 0.25) is 5.91 Å². The number of hydrogen-bond acceptors (Lipinski definition) is 3. The highest BCUT2D eigenvalue weighted by atomic mass is 16.2. The van der Waals surface area contributed by atoms with Crippen LogP contribution in [0.3, 0.4) is 0 Å². The predicted molar refractivity (Wildman–Crippen MR) is 96.8 cm³/mol. The molecular weight excluding hydrogens is 312 g/mol. The van der Waals surface area contributed by atoms with E-state index in [1.165, 1.54) is 5.69 Å². The maximum atomic E-state index is 12.2. The van der Waals surface area contributed by atoms with E-state index in [0.29, 0.717) is 17.7 Å². The molecule has 2 aliphatic rings. The summed E-state index contributed by atoms with van der Waals surface area (Å²) in [6.07, 6.45) is 11.2. The first-order chi connectivity index (χ1) is 12.2. The van der Waals surface area contributed by atoms with Gasteiger partial charge in [-0.1, -0.05) is 0 Å². The number of hydrogen-bond donors (Lipinski definition) is 0. The van der Waals surface area contributed by atoms with Crippen LogP contribution in [0, 0.1) is 18.8 Å². The van der Waals surface area contributed by atoms with E-state index in [4.69, 9.17) is 0 Å². The first-order valence-corrected chi connectivity index (χ1v) is 9.43. The molecule has 1 saturated carbocycles. The maximum Gasteiger partial charge on any atom is 0.225 e. The number of piperidine rings is 1. The Labute approximate surface area is 149 Å². The average Bonchev–Trinajstić information content (AvgIpc) is 3.44. The normalized spacial score (nSPS) is 18.5. The van der Waals surface area contributed by atoms with Crippen molar-refractivity contribution < 1.29 is 4.79 Å². The molecule has 2 aromatic rings. The number of nitrogens with zero attached hydrogens (tertiary/aromatic N) is 4. The summed E-state index contributed by atoms with van der Waals surface area (Å²) in [5.41, 5.74) is 2.32. The molecule has 5 heteroatoms. The van der Waals surface area contributed by atoms with Gasteiger partial charge in [-0.3, -0.25) is 9.78 Å². The Morgan fingerprint density at radius 1 is 1.16 bits per heavy atom. The molecule has 3 heterocycles. The van der Waals surface area contributed by atoms with E-state index in [9.17, 15) is 4.79 Å². The maximum absolute atomic E-state index is 12.2. The van der Waals surface area contributed by atoms with Gasteiger partial charge in [-0.05, 0) is 57.1 Å². The highest BCUT2D eigenvalue weighted by Crippen LogP contribution is 2.33. The van der Waals surface area contributed by atoms with Crippen molar-refractivity contribution in [2.75, 3.05) is 13.1 Å². The second-order valence-electron chi connectivity index (χ2n) is 7.44. The van der Waals surface area contributed by atoms with Crippen molar-refractivity contribution in [2.45, 2.75) is 45.6 Å². The van der Waals surface area contributed by atoms with Crippen LogP contribution in [0.1, 0.15) is 37.8 Å². The van der Waals surface area contributed by atoms with Crippen LogP contribution in [0.15, 0.2) is 30.7 Å². The molecule has 0 radical (unpaired) electrons. The largest absolute Gasteiger partial charge is 0.342 e. The minimum atomic E-state index is 0.355. The lowest BCUT2D eigenvalue weighted by atomic mass is 9.93. The van der Waals surface area contributed by atoms with Crippen LogP contribution in [0.5, 0.6) is 0 Å². The van der Waals surface area contributed by atoms with Crippen molar-refractivity contribution in [3.63, 3.8) is 0 Å². The molecular formula is C20H26N4O. The first kappa shape index (κ1) is 16.3. The van der Waals surface area contributed by atoms with Crippen LogP contribution in [0.2, 0.25) is 0 Å². The number of aryl methyl sites for hydroxylation is 1. The minimum absolute atomic E-state index is 0.355. The SMILES string of the molecule is Cc1cnc(-c2ccncc2)n1CCC1CCN(C(=O)C2CC2)CC1. The van der Waals surface area contributed by atoms with E-state index in [0.717, 1.165) is 63.1 Å². The van der Waals surface area contributed by atoms with Gasteiger partial charge in [0.25, 0.3) is 0 Å².